The van der Waals surface area contributed by atoms with E-state index in [1.807, 2.05) is 26.4 Å². The lowest BCUT2D eigenvalue weighted by molar-refractivity contribution is 0.0533. The Morgan fingerprint density at radius 3 is 2.68 bits per heavy atom. The number of halogens is 2. The fourth-order valence-electron chi connectivity index (χ4n) is 4.69. The summed E-state index contributed by atoms with van der Waals surface area (Å²) in [6, 6.07) is 1.67. The first kappa shape index (κ1) is 26.2. The average molecular weight is 518 g/mol. The van der Waals surface area contributed by atoms with Gasteiger partial charge in [0, 0.05) is 24.2 Å². The van der Waals surface area contributed by atoms with Gasteiger partial charge in [0.25, 0.3) is 5.91 Å². The highest BCUT2D eigenvalue weighted by atomic mass is 19.1. The van der Waals surface area contributed by atoms with Crippen molar-refractivity contribution in [2.24, 2.45) is 0 Å². The molecule has 1 saturated heterocycles. The number of hydroxylamine groups is 1. The number of benzene rings is 1. The molecule has 198 valence electrons. The Labute approximate surface area is 212 Å². The molecule has 0 unspecified atom stereocenters. The third kappa shape index (κ3) is 5.18. The summed E-state index contributed by atoms with van der Waals surface area (Å²) in [6.07, 6.45) is 3.63. The van der Waals surface area contributed by atoms with Gasteiger partial charge in [0.15, 0.2) is 5.82 Å². The minimum atomic E-state index is -1.10. The van der Waals surface area contributed by atoms with E-state index >= 15 is 0 Å². The lowest BCUT2D eigenvalue weighted by Gasteiger charge is -2.27. The van der Waals surface area contributed by atoms with Crippen LogP contribution in [0.5, 0.6) is 0 Å². The summed E-state index contributed by atoms with van der Waals surface area (Å²) < 4.78 is 30.5. The van der Waals surface area contributed by atoms with Crippen molar-refractivity contribution in [2.75, 3.05) is 37.5 Å². The van der Waals surface area contributed by atoms with Gasteiger partial charge in [-0.2, -0.15) is 5.10 Å². The van der Waals surface area contributed by atoms with Crippen molar-refractivity contribution in [2.45, 2.75) is 38.6 Å². The van der Waals surface area contributed by atoms with Gasteiger partial charge in [0.05, 0.1) is 30.2 Å². The largest absolute Gasteiger partial charge is 0.465 e. The predicted molar refractivity (Wildman–Crippen MR) is 132 cm³/mol. The third-order valence-corrected chi connectivity index (χ3v) is 6.50. The summed E-state index contributed by atoms with van der Waals surface area (Å²) in [5, 5.41) is 17.2. The molecule has 0 bridgehead atoms. The molecule has 4 rings (SSSR count). The highest BCUT2D eigenvalue weighted by molar-refractivity contribution is 5.96. The van der Waals surface area contributed by atoms with Crippen LogP contribution in [0.1, 0.15) is 48.5 Å². The molecular formula is C24H29F2N7O4. The van der Waals surface area contributed by atoms with Crippen LogP contribution >= 0.6 is 0 Å². The fraction of sp³-hybridized carbons (Fsp3) is 0.417. The molecule has 11 nitrogen and oxygen atoms in total. The Kier molecular flexibility index (Phi) is 7.55. The number of hydrogen-bond acceptors (Lipinski definition) is 7. The summed E-state index contributed by atoms with van der Waals surface area (Å²) in [6.45, 7) is 5.00. The molecule has 1 fully saturated rings. The number of likely N-dealkylation sites (tertiary alicyclic amines) is 1. The number of hydrogen-bond donors (Lipinski definition) is 3. The Balaban J connectivity index is 1.80. The van der Waals surface area contributed by atoms with Gasteiger partial charge in [-0.25, -0.2) is 28.6 Å². The number of nitrogens with one attached hydrogen (secondary N) is 2. The molecule has 13 heteroatoms. The van der Waals surface area contributed by atoms with Crippen LogP contribution in [0.15, 0.2) is 24.7 Å². The smallest absolute Gasteiger partial charge is 0.411 e. The third-order valence-electron chi connectivity index (χ3n) is 6.50. The van der Waals surface area contributed by atoms with E-state index in [9.17, 15) is 23.5 Å². The van der Waals surface area contributed by atoms with E-state index in [1.54, 1.807) is 6.20 Å². The van der Waals surface area contributed by atoms with Crippen molar-refractivity contribution in [1.82, 2.24) is 25.0 Å². The average Bonchev–Trinajstić information content (AvgIpc) is 3.42. The van der Waals surface area contributed by atoms with Crippen LogP contribution in [0.25, 0.3) is 5.52 Å². The van der Waals surface area contributed by atoms with Crippen LogP contribution in [-0.4, -0.2) is 69.9 Å². The van der Waals surface area contributed by atoms with E-state index in [4.69, 9.17) is 0 Å². The number of nitrogens with zero attached hydrogens (tertiary/aromatic N) is 5. The van der Waals surface area contributed by atoms with Crippen LogP contribution < -0.4 is 15.7 Å². The van der Waals surface area contributed by atoms with Gasteiger partial charge < -0.3 is 15.3 Å². The Morgan fingerprint density at radius 2 is 2.05 bits per heavy atom. The molecule has 3 N–H and O–H groups in total. The molecule has 1 aliphatic heterocycles. The van der Waals surface area contributed by atoms with Gasteiger partial charge in [-0.3, -0.25) is 14.5 Å². The van der Waals surface area contributed by atoms with E-state index in [-0.39, 0.29) is 30.0 Å². The molecule has 3 heterocycles. The van der Waals surface area contributed by atoms with Crippen LogP contribution in [0.3, 0.4) is 0 Å². The molecule has 0 radical (unpaired) electrons. The van der Waals surface area contributed by atoms with Gasteiger partial charge in [-0.05, 0) is 38.4 Å². The molecule has 3 aromatic rings. The second kappa shape index (κ2) is 10.6. The molecule has 2 aromatic heterocycles. The normalized spacial score (nSPS) is 15.9. The standard InChI is InChI=1S/C24H29F2N7O4/c1-13(2)20-19(32(24(35)36)10-14-6-5-7-31(14)3)11-33-21(20)22(27-12-28-33)29-18-8-15(23(34)30-37-4)16(25)9-17(18)26/h8-9,11-14H,5-7,10H2,1-4H3,(H,30,34)(H,35,36)(H,27,28,29)/t14-/m0/s1. The first-order valence-electron chi connectivity index (χ1n) is 11.8. The quantitative estimate of drug-likeness (QED) is 0.386. The van der Waals surface area contributed by atoms with Crippen molar-refractivity contribution in [3.05, 3.63) is 47.4 Å². The van der Waals surface area contributed by atoms with Crippen molar-refractivity contribution in [3.63, 3.8) is 0 Å². The van der Waals surface area contributed by atoms with Crippen LogP contribution in [-0.2, 0) is 4.84 Å². The van der Waals surface area contributed by atoms with Crippen LogP contribution in [0.2, 0.25) is 0 Å². The number of carboxylic acid groups (broad SMARTS) is 1. The number of likely N-dealkylation sites (N-methyl/N-ethyl adjacent to an activating group) is 1. The highest BCUT2D eigenvalue weighted by Crippen LogP contribution is 2.37. The van der Waals surface area contributed by atoms with Crippen LogP contribution in [0, 0.1) is 11.6 Å². The maximum Gasteiger partial charge on any atom is 0.411 e. The zero-order valence-electron chi connectivity index (χ0n) is 21.0. The Hall–Kier alpha value is -3.84. The molecule has 0 spiro atoms. The Bertz CT molecular complexity index is 1330. The van der Waals surface area contributed by atoms with Gasteiger partial charge in [0.1, 0.15) is 23.5 Å². The van der Waals surface area contributed by atoms with E-state index in [1.165, 1.54) is 22.9 Å². The first-order valence-corrected chi connectivity index (χ1v) is 11.8. The van der Waals surface area contributed by atoms with Crippen LogP contribution in [0.4, 0.5) is 30.8 Å². The number of rotatable bonds is 8. The van der Waals surface area contributed by atoms with E-state index in [2.05, 4.69) is 25.1 Å². The molecule has 0 aliphatic carbocycles. The number of amides is 2. The second-order valence-corrected chi connectivity index (χ2v) is 9.23. The summed E-state index contributed by atoms with van der Waals surface area (Å²) in [5.74, 6) is -2.89. The SMILES string of the molecule is CONC(=O)c1cc(Nc2ncnn3cc(N(C[C@@H]4CCCN4C)C(=O)O)c(C(C)C)c23)c(F)cc1F. The van der Waals surface area contributed by atoms with E-state index < -0.39 is 29.2 Å². The topological polar surface area (TPSA) is 124 Å². The number of carbonyl (C=O) groups is 2. The number of aromatic nitrogens is 3. The fourth-order valence-corrected chi connectivity index (χ4v) is 4.69. The molecule has 2 amide bonds. The zero-order valence-corrected chi connectivity index (χ0v) is 21.0. The van der Waals surface area contributed by atoms with Gasteiger partial charge in [-0.1, -0.05) is 13.8 Å². The maximum absolute atomic E-state index is 14.7. The van der Waals surface area contributed by atoms with E-state index in [0.29, 0.717) is 22.8 Å². The summed E-state index contributed by atoms with van der Waals surface area (Å²) in [5.41, 5.74) is 2.89. The van der Waals surface area contributed by atoms with Gasteiger partial charge in [0.2, 0.25) is 0 Å². The van der Waals surface area contributed by atoms with Gasteiger partial charge >= 0.3 is 6.09 Å². The summed E-state index contributed by atoms with van der Waals surface area (Å²) in [7, 11) is 3.17. The zero-order chi connectivity index (χ0) is 26.9. The predicted octanol–water partition coefficient (Wildman–Crippen LogP) is 3.74. The molecule has 0 saturated carbocycles. The highest BCUT2D eigenvalue weighted by Gasteiger charge is 2.31. The summed E-state index contributed by atoms with van der Waals surface area (Å²) >= 11 is 0. The van der Waals surface area contributed by atoms with E-state index in [0.717, 1.165) is 25.5 Å². The minimum absolute atomic E-state index is 0.0767. The molecule has 1 aliphatic rings. The van der Waals surface area contributed by atoms with Crippen molar-refractivity contribution in [1.29, 1.82) is 0 Å². The lowest BCUT2D eigenvalue weighted by atomic mass is 10.0. The molecular weight excluding hydrogens is 488 g/mol. The molecule has 37 heavy (non-hydrogen) atoms. The minimum Gasteiger partial charge on any atom is -0.465 e. The maximum atomic E-state index is 14.7. The van der Waals surface area contributed by atoms with Crippen molar-refractivity contribution < 1.29 is 28.3 Å². The second-order valence-electron chi connectivity index (χ2n) is 9.23. The molecule has 1 atom stereocenters. The number of carbonyl (C=O) groups excluding carboxylic acids is 1. The van der Waals surface area contributed by atoms with Crippen molar-refractivity contribution >= 4 is 34.7 Å². The monoisotopic (exact) mass is 517 g/mol. The first-order chi connectivity index (χ1) is 17.6. The number of anilines is 3. The summed E-state index contributed by atoms with van der Waals surface area (Å²) in [4.78, 5) is 36.7. The Morgan fingerprint density at radius 1 is 1.30 bits per heavy atom. The molecule has 1 aromatic carbocycles. The lowest BCUT2D eigenvalue weighted by Crippen LogP contribution is -2.41. The van der Waals surface area contributed by atoms with Gasteiger partial charge in [-0.15, -0.1) is 0 Å². The number of fused-ring (bicyclic) bond motifs is 1. The van der Waals surface area contributed by atoms with Crippen molar-refractivity contribution in [3.8, 4) is 0 Å².